The minimum atomic E-state index is -3.19. The summed E-state index contributed by atoms with van der Waals surface area (Å²) in [6.45, 7) is -3.06. The summed E-state index contributed by atoms with van der Waals surface area (Å²) in [6.07, 6.45) is -0.154. The number of carboxylic acids is 1. The first-order chi connectivity index (χ1) is 9.31. The van der Waals surface area contributed by atoms with Gasteiger partial charge in [0.1, 0.15) is 0 Å². The summed E-state index contributed by atoms with van der Waals surface area (Å²) >= 11 is 0. The maximum atomic E-state index is 12.2. The van der Waals surface area contributed by atoms with Crippen molar-refractivity contribution in [3.63, 3.8) is 0 Å². The Balaban J connectivity index is 2.99. The fourth-order valence-electron chi connectivity index (χ4n) is 1.47. The third-order valence-electron chi connectivity index (χ3n) is 2.46. The van der Waals surface area contributed by atoms with Crippen LogP contribution in [-0.2, 0) is 4.79 Å². The average Bonchev–Trinajstić information content (AvgIpc) is 2.34. The number of alkyl halides is 2. The number of rotatable bonds is 7. The highest BCUT2D eigenvalue weighted by Crippen LogP contribution is 2.32. The van der Waals surface area contributed by atoms with E-state index in [0.717, 1.165) is 12.1 Å². The van der Waals surface area contributed by atoms with Crippen LogP contribution < -0.4 is 9.64 Å². The zero-order valence-electron chi connectivity index (χ0n) is 10.5. The van der Waals surface area contributed by atoms with E-state index in [1.165, 1.54) is 18.0 Å². The van der Waals surface area contributed by atoms with Gasteiger partial charge in [-0.25, -0.2) is 0 Å². The number of benzene rings is 1. The van der Waals surface area contributed by atoms with E-state index in [4.69, 9.17) is 5.11 Å². The number of ether oxygens (including phenoxy) is 1. The van der Waals surface area contributed by atoms with Gasteiger partial charge in [-0.05, 0) is 6.07 Å². The van der Waals surface area contributed by atoms with Crippen molar-refractivity contribution in [1.29, 1.82) is 0 Å². The van der Waals surface area contributed by atoms with E-state index in [2.05, 4.69) is 4.74 Å². The molecule has 0 unspecified atom stereocenters. The SMILES string of the molecule is CN(CCC(=O)O)c1ccc([N+](=O)[O-])c(OC(F)F)c1. The molecule has 1 N–H and O–H groups in total. The molecule has 0 amide bonds. The van der Waals surface area contributed by atoms with E-state index >= 15 is 0 Å². The fourth-order valence-corrected chi connectivity index (χ4v) is 1.47. The molecular formula is C11H12F2N2O5. The average molecular weight is 290 g/mol. The van der Waals surface area contributed by atoms with Gasteiger partial charge >= 0.3 is 18.3 Å². The molecule has 0 fully saturated rings. The summed E-state index contributed by atoms with van der Waals surface area (Å²) in [5.41, 5.74) is -0.242. The van der Waals surface area contributed by atoms with Crippen molar-refractivity contribution in [2.75, 3.05) is 18.5 Å². The lowest BCUT2D eigenvalue weighted by molar-refractivity contribution is -0.386. The van der Waals surface area contributed by atoms with Crippen molar-refractivity contribution in [2.45, 2.75) is 13.0 Å². The lowest BCUT2D eigenvalue weighted by Gasteiger charge is -2.19. The normalized spacial score (nSPS) is 10.4. The number of carboxylic acid groups (broad SMARTS) is 1. The van der Waals surface area contributed by atoms with Gasteiger partial charge in [-0.3, -0.25) is 14.9 Å². The quantitative estimate of drug-likeness (QED) is 0.610. The first-order valence-electron chi connectivity index (χ1n) is 5.47. The van der Waals surface area contributed by atoms with Gasteiger partial charge < -0.3 is 14.7 Å². The number of hydrogen-bond donors (Lipinski definition) is 1. The van der Waals surface area contributed by atoms with Crippen molar-refractivity contribution in [3.05, 3.63) is 28.3 Å². The standard InChI is InChI=1S/C11H12F2N2O5/c1-14(5-4-10(16)17)7-2-3-8(15(18)19)9(6-7)20-11(12)13/h2-3,6,11H,4-5H2,1H3,(H,16,17). The predicted molar refractivity (Wildman–Crippen MR) is 65.3 cm³/mol. The largest absolute Gasteiger partial charge is 0.481 e. The van der Waals surface area contributed by atoms with Crippen LogP contribution in [0.15, 0.2) is 18.2 Å². The lowest BCUT2D eigenvalue weighted by atomic mass is 10.2. The molecule has 0 atom stereocenters. The molecule has 0 aliphatic carbocycles. The first-order valence-corrected chi connectivity index (χ1v) is 5.47. The van der Waals surface area contributed by atoms with E-state index in [0.29, 0.717) is 5.69 Å². The summed E-state index contributed by atoms with van der Waals surface area (Å²) < 4.78 is 28.5. The molecule has 0 bridgehead atoms. The van der Waals surface area contributed by atoms with Crippen LogP contribution in [0.2, 0.25) is 0 Å². The highest BCUT2D eigenvalue weighted by molar-refractivity contribution is 5.68. The van der Waals surface area contributed by atoms with Gasteiger partial charge in [0.25, 0.3) is 0 Å². The van der Waals surface area contributed by atoms with E-state index < -0.39 is 28.9 Å². The van der Waals surface area contributed by atoms with E-state index in [1.54, 1.807) is 0 Å². The molecule has 0 radical (unpaired) electrons. The van der Waals surface area contributed by atoms with Crippen LogP contribution in [0, 0.1) is 10.1 Å². The number of nitro groups is 1. The molecule has 0 saturated heterocycles. The van der Waals surface area contributed by atoms with Gasteiger partial charge in [0.15, 0.2) is 0 Å². The Morgan fingerprint density at radius 3 is 2.70 bits per heavy atom. The van der Waals surface area contributed by atoms with Gasteiger partial charge in [0.2, 0.25) is 5.75 Å². The second-order valence-corrected chi connectivity index (χ2v) is 3.85. The van der Waals surface area contributed by atoms with E-state index in [-0.39, 0.29) is 13.0 Å². The Bertz CT molecular complexity index is 510. The van der Waals surface area contributed by atoms with Crippen LogP contribution in [0.1, 0.15) is 6.42 Å². The smallest absolute Gasteiger partial charge is 0.387 e. The second-order valence-electron chi connectivity index (χ2n) is 3.85. The van der Waals surface area contributed by atoms with Crippen molar-refractivity contribution < 1.29 is 28.3 Å². The Kier molecular flexibility index (Phi) is 5.18. The molecule has 0 aliphatic heterocycles. The summed E-state index contributed by atoms with van der Waals surface area (Å²) in [6, 6.07) is 3.44. The maximum Gasteiger partial charge on any atom is 0.387 e. The first kappa shape index (κ1) is 15.6. The van der Waals surface area contributed by atoms with Crippen LogP contribution >= 0.6 is 0 Å². The van der Waals surface area contributed by atoms with Crippen LogP contribution in [0.25, 0.3) is 0 Å². The zero-order chi connectivity index (χ0) is 15.3. The van der Waals surface area contributed by atoms with Crippen LogP contribution in [0.5, 0.6) is 5.75 Å². The van der Waals surface area contributed by atoms with Crippen LogP contribution in [0.4, 0.5) is 20.2 Å². The Morgan fingerprint density at radius 1 is 1.55 bits per heavy atom. The Hall–Kier alpha value is -2.45. The van der Waals surface area contributed by atoms with Crippen LogP contribution in [-0.4, -0.2) is 36.2 Å². The van der Waals surface area contributed by atoms with Crippen molar-refractivity contribution >= 4 is 17.3 Å². The van der Waals surface area contributed by atoms with E-state index in [9.17, 15) is 23.7 Å². The lowest BCUT2D eigenvalue weighted by Crippen LogP contribution is -2.21. The van der Waals surface area contributed by atoms with Gasteiger partial charge in [-0.1, -0.05) is 0 Å². The Labute approximate surface area is 112 Å². The maximum absolute atomic E-state index is 12.2. The molecule has 110 valence electrons. The molecule has 20 heavy (non-hydrogen) atoms. The molecular weight excluding hydrogens is 278 g/mol. The van der Waals surface area contributed by atoms with Gasteiger partial charge in [-0.15, -0.1) is 0 Å². The van der Waals surface area contributed by atoms with Crippen molar-refractivity contribution in [2.24, 2.45) is 0 Å². The molecule has 7 nitrogen and oxygen atoms in total. The molecule has 0 aromatic heterocycles. The number of aliphatic carboxylic acids is 1. The number of carbonyl (C=O) groups is 1. The predicted octanol–water partition coefficient (Wildman–Crippen LogP) is 2.11. The number of halogens is 2. The molecule has 0 heterocycles. The van der Waals surface area contributed by atoms with Crippen molar-refractivity contribution in [1.82, 2.24) is 0 Å². The number of nitrogens with zero attached hydrogens (tertiary/aromatic N) is 2. The zero-order valence-corrected chi connectivity index (χ0v) is 10.5. The summed E-state index contributed by atoms with van der Waals surface area (Å²) in [5.74, 6) is -1.58. The topological polar surface area (TPSA) is 92.9 Å². The molecule has 0 aliphatic rings. The molecule has 0 spiro atoms. The summed E-state index contributed by atoms with van der Waals surface area (Å²) in [7, 11) is 1.54. The summed E-state index contributed by atoms with van der Waals surface area (Å²) in [4.78, 5) is 21.8. The number of hydrogen-bond acceptors (Lipinski definition) is 5. The minimum Gasteiger partial charge on any atom is -0.481 e. The highest BCUT2D eigenvalue weighted by atomic mass is 19.3. The molecule has 1 rings (SSSR count). The molecule has 1 aromatic rings. The van der Waals surface area contributed by atoms with Crippen LogP contribution in [0.3, 0.4) is 0 Å². The van der Waals surface area contributed by atoms with Gasteiger partial charge in [-0.2, -0.15) is 8.78 Å². The van der Waals surface area contributed by atoms with E-state index in [1.807, 2.05) is 0 Å². The molecule has 9 heteroatoms. The molecule has 1 aromatic carbocycles. The Morgan fingerprint density at radius 2 is 2.20 bits per heavy atom. The molecule has 0 saturated carbocycles. The third-order valence-corrected chi connectivity index (χ3v) is 2.46. The minimum absolute atomic E-state index is 0.126. The highest BCUT2D eigenvalue weighted by Gasteiger charge is 2.20. The van der Waals surface area contributed by atoms with Gasteiger partial charge in [0, 0.05) is 31.4 Å². The fraction of sp³-hybridized carbons (Fsp3) is 0.364. The third kappa shape index (κ3) is 4.34. The second kappa shape index (κ2) is 6.64. The summed E-state index contributed by atoms with van der Waals surface area (Å²) in [5, 5.41) is 19.2. The van der Waals surface area contributed by atoms with Crippen molar-refractivity contribution in [3.8, 4) is 5.75 Å². The number of anilines is 1. The number of nitro benzene ring substituents is 1. The monoisotopic (exact) mass is 290 g/mol. The van der Waals surface area contributed by atoms with Gasteiger partial charge in [0.05, 0.1) is 11.3 Å².